The fourth-order valence-electron chi connectivity index (χ4n) is 0.0977. The van der Waals surface area contributed by atoms with Gasteiger partial charge in [0.05, 0.1) is 0 Å². The molecule has 0 aliphatic rings. The average Bonchev–Trinajstić information content (AvgIpc) is 1.63. The third-order valence-electron chi connectivity index (χ3n) is 0.262. The van der Waals surface area contributed by atoms with Gasteiger partial charge in [-0.2, -0.15) is 0 Å². The zero-order valence-electron chi connectivity index (χ0n) is 4.99. The van der Waals surface area contributed by atoms with Crippen molar-refractivity contribution in [2.75, 3.05) is 0 Å². The maximum atomic E-state index is 10.0. The van der Waals surface area contributed by atoms with Crippen LogP contribution in [0.3, 0.4) is 0 Å². The van der Waals surface area contributed by atoms with E-state index in [0.717, 1.165) is 0 Å². The summed E-state index contributed by atoms with van der Waals surface area (Å²) in [4.78, 5) is 20.1. The standard InChI is InChI=1S/C4H6O4Xe/c1-3(5)7-9-8-4(2)6/h1-2H3. The summed E-state index contributed by atoms with van der Waals surface area (Å²) in [7, 11) is 0. The second-order valence-corrected chi connectivity index (χ2v) is 2.35. The molecule has 0 aliphatic heterocycles. The number of carbonyl (C=O) groups excluding carboxylic acids is 2. The number of hydrogen-bond acceptors (Lipinski definition) is 4. The van der Waals surface area contributed by atoms with Gasteiger partial charge < -0.3 is 0 Å². The first-order chi connectivity index (χ1) is 4.13. The summed E-state index contributed by atoms with van der Waals surface area (Å²) in [5.74, 6) is -0.844. The van der Waals surface area contributed by atoms with Crippen molar-refractivity contribution in [1.29, 1.82) is 0 Å². The van der Waals surface area contributed by atoms with Gasteiger partial charge in [0, 0.05) is 0 Å². The van der Waals surface area contributed by atoms with Crippen LogP contribution >= 0.6 is 0 Å². The predicted molar refractivity (Wildman–Crippen MR) is 23.5 cm³/mol. The van der Waals surface area contributed by atoms with Crippen LogP contribution in [0.1, 0.15) is 13.8 Å². The van der Waals surface area contributed by atoms with E-state index in [1.54, 1.807) is 0 Å². The van der Waals surface area contributed by atoms with Crippen LogP contribution in [-0.2, 0) is 9.70 Å². The molecule has 0 rings (SSSR count). The van der Waals surface area contributed by atoms with Gasteiger partial charge in [-0.15, -0.1) is 0 Å². The number of rotatable bonds is 2. The summed E-state index contributed by atoms with van der Waals surface area (Å²) in [6, 6.07) is 0. The Bertz CT molecular complexity index is 108. The zero-order valence-corrected chi connectivity index (χ0v) is 7.00. The molecular weight excluding hydrogens is 243 g/mol. The van der Waals surface area contributed by atoms with Crippen molar-refractivity contribution in [3.8, 4) is 0 Å². The van der Waals surface area contributed by atoms with Crippen molar-refractivity contribution >= 4 is 11.9 Å². The first-order valence-corrected chi connectivity index (χ1v) is 3.75. The Labute approximate surface area is 79.9 Å². The van der Waals surface area contributed by atoms with E-state index in [9.17, 15) is 9.59 Å². The molecule has 9 heavy (non-hydrogen) atoms. The summed E-state index contributed by atoms with van der Waals surface area (Å²) in [5.41, 5.74) is 0. The summed E-state index contributed by atoms with van der Waals surface area (Å²) in [5, 5.41) is 0. The summed E-state index contributed by atoms with van der Waals surface area (Å²) in [6.45, 7) is 2.52. The van der Waals surface area contributed by atoms with Crippen LogP contribution in [0.4, 0.5) is 0 Å². The number of hydrogen-bond donors (Lipinski definition) is 0. The van der Waals surface area contributed by atoms with Gasteiger partial charge in [0.25, 0.3) is 0 Å². The van der Waals surface area contributed by atoms with Crippen LogP contribution in [0, 0.1) is 45.5 Å². The van der Waals surface area contributed by atoms with Gasteiger partial charge in [-0.1, -0.05) is 0 Å². The molecule has 54 valence electrons. The Morgan fingerprint density at radius 1 is 1.11 bits per heavy atom. The third-order valence-corrected chi connectivity index (χ3v) is 1.76. The molecule has 0 N–H and O–H groups in total. The Hall–Kier alpha value is 0.511. The van der Waals surface area contributed by atoms with E-state index in [1.807, 2.05) is 0 Å². The first-order valence-electron chi connectivity index (χ1n) is 2.11. The van der Waals surface area contributed by atoms with Crippen LogP contribution < -0.4 is 0 Å². The monoisotopic (exact) mass is 250 g/mol. The topological polar surface area (TPSA) is 52.6 Å². The second-order valence-electron chi connectivity index (χ2n) is 1.19. The van der Waals surface area contributed by atoms with E-state index < -0.39 is 57.5 Å². The Kier molecular flexibility index (Phi) is 5.61. The molecule has 0 aromatic rings. The molecule has 0 aromatic carbocycles. The van der Waals surface area contributed by atoms with Crippen LogP contribution in [0.25, 0.3) is 0 Å². The molecular formula is C4H6O4Xe. The van der Waals surface area contributed by atoms with E-state index >= 15 is 0 Å². The Balaban J connectivity index is 3.10. The van der Waals surface area contributed by atoms with Gasteiger partial charge >= 0.3 is 81.0 Å². The fraction of sp³-hybridized carbons (Fsp3) is 0.500. The summed E-state index contributed by atoms with van der Waals surface area (Å²) in [6.07, 6.45) is 0. The molecule has 4 nitrogen and oxygen atoms in total. The van der Waals surface area contributed by atoms with Crippen molar-refractivity contribution in [2.45, 2.75) is 13.8 Å². The molecule has 5 heteroatoms. The van der Waals surface area contributed by atoms with Crippen LogP contribution in [0.15, 0.2) is 0 Å². The van der Waals surface area contributed by atoms with Gasteiger partial charge in [0.1, 0.15) is 0 Å². The van der Waals surface area contributed by atoms with Crippen molar-refractivity contribution in [2.24, 2.45) is 0 Å². The molecule has 0 radical (unpaired) electrons. The molecule has 0 saturated carbocycles. The van der Waals surface area contributed by atoms with Crippen LogP contribution in [-0.4, -0.2) is 11.9 Å². The molecule has 0 amide bonds. The summed E-state index contributed by atoms with van der Waals surface area (Å²) < 4.78 is 8.72. The SMILES string of the molecule is CC(=O)O[Xe]OC(C)=O. The van der Waals surface area contributed by atoms with E-state index in [1.165, 1.54) is 13.8 Å². The third kappa shape index (κ3) is 8.51. The van der Waals surface area contributed by atoms with Crippen LogP contribution in [0.2, 0.25) is 0 Å². The molecule has 0 spiro atoms. The average molecular weight is 249 g/mol. The van der Waals surface area contributed by atoms with E-state index in [4.69, 9.17) is 0 Å². The molecule has 0 heterocycles. The second kappa shape index (κ2) is 5.31. The minimum atomic E-state index is -0.997. The van der Waals surface area contributed by atoms with Crippen molar-refractivity contribution < 1.29 is 55.2 Å². The normalized spacial score (nSPS) is 8.67. The van der Waals surface area contributed by atoms with Crippen molar-refractivity contribution in [3.05, 3.63) is 0 Å². The molecule has 0 aromatic heterocycles. The summed E-state index contributed by atoms with van der Waals surface area (Å²) >= 11 is -0.997. The quantitative estimate of drug-likeness (QED) is 0.693. The van der Waals surface area contributed by atoms with E-state index in [0.29, 0.717) is 0 Å². The van der Waals surface area contributed by atoms with Crippen LogP contribution in [0.5, 0.6) is 0 Å². The van der Waals surface area contributed by atoms with Gasteiger partial charge in [-0.25, -0.2) is 0 Å². The molecule has 0 unspecified atom stereocenters. The van der Waals surface area contributed by atoms with Crippen molar-refractivity contribution in [1.82, 2.24) is 0 Å². The van der Waals surface area contributed by atoms with Gasteiger partial charge in [0.15, 0.2) is 0 Å². The molecule has 0 atom stereocenters. The zero-order chi connectivity index (χ0) is 7.28. The Morgan fingerprint density at radius 3 is 1.67 bits per heavy atom. The molecule has 0 saturated heterocycles. The maximum absolute atomic E-state index is 10.0. The number of carbonyl (C=O) groups is 2. The van der Waals surface area contributed by atoms with Gasteiger partial charge in [-0.05, 0) is 0 Å². The van der Waals surface area contributed by atoms with Gasteiger partial charge in [0.2, 0.25) is 0 Å². The molecule has 0 fully saturated rings. The Morgan fingerprint density at radius 2 is 1.44 bits per heavy atom. The van der Waals surface area contributed by atoms with E-state index in [-0.39, 0.29) is 0 Å². The molecule has 0 aliphatic carbocycles. The van der Waals surface area contributed by atoms with Crippen molar-refractivity contribution in [3.63, 3.8) is 0 Å². The van der Waals surface area contributed by atoms with Gasteiger partial charge in [-0.3, -0.25) is 0 Å². The first kappa shape index (κ1) is 9.51. The van der Waals surface area contributed by atoms with E-state index in [2.05, 4.69) is 0.114 Å². The minimum absolute atomic E-state index is 0.422. The predicted octanol–water partition coefficient (Wildman–Crippen LogP) is 0.0276. The fourth-order valence-corrected chi connectivity index (χ4v) is 0.655. The molecule has 0 bridgehead atoms.